The van der Waals surface area contributed by atoms with E-state index in [2.05, 4.69) is 24.7 Å². The number of amidine groups is 2. The summed E-state index contributed by atoms with van der Waals surface area (Å²) in [6, 6.07) is 12.1. The molecule has 0 aromatic heterocycles. The molecule has 12 heteroatoms. The molecule has 2 aromatic rings. The molecule has 31 heavy (non-hydrogen) atoms. The molecule has 2 aliphatic heterocycles. The predicted molar refractivity (Wildman–Crippen MR) is 115 cm³/mol. The summed E-state index contributed by atoms with van der Waals surface area (Å²) in [4.78, 5) is 20.6. The first-order chi connectivity index (χ1) is 14.7. The highest BCUT2D eigenvalue weighted by atomic mass is 32.2. The minimum Gasteiger partial charge on any atom is -0.324 e. The third kappa shape index (κ3) is 4.59. The van der Waals surface area contributed by atoms with Gasteiger partial charge < -0.3 is 5.32 Å². The van der Waals surface area contributed by atoms with Crippen molar-refractivity contribution in [2.45, 2.75) is 22.6 Å². The van der Waals surface area contributed by atoms with E-state index in [9.17, 15) is 21.6 Å². The van der Waals surface area contributed by atoms with Crippen molar-refractivity contribution < 1.29 is 21.6 Å². The number of nitrogens with one attached hydrogen (secondary N) is 3. The number of sulfonamides is 2. The zero-order valence-electron chi connectivity index (χ0n) is 16.2. The minimum atomic E-state index is -3.81. The molecule has 0 spiro atoms. The van der Waals surface area contributed by atoms with Crippen LogP contribution in [0.25, 0.3) is 0 Å². The minimum absolute atomic E-state index is 0.0105. The van der Waals surface area contributed by atoms with Gasteiger partial charge in [-0.25, -0.2) is 16.8 Å². The van der Waals surface area contributed by atoms with Crippen LogP contribution < -0.4 is 14.8 Å². The van der Waals surface area contributed by atoms with Crippen LogP contribution in [0.5, 0.6) is 0 Å². The Hall–Kier alpha value is -3.25. The number of aliphatic imine (C=N–C) groups is 2. The number of nitrogens with zero attached hydrogens (tertiary/aromatic N) is 2. The van der Waals surface area contributed by atoms with Crippen molar-refractivity contribution in [3.8, 4) is 0 Å². The summed E-state index contributed by atoms with van der Waals surface area (Å²) in [6.07, 6.45) is 1.37. The SMILES string of the molecule is O=C(CN=C1NS(=O)(=O)c2ccccc21)Nc1cccc(S(=O)(=O)NC2=NCCC2)c1. The molecule has 10 nitrogen and oxygen atoms in total. The van der Waals surface area contributed by atoms with E-state index in [1.807, 2.05) is 0 Å². The number of carbonyl (C=O) groups is 1. The maximum atomic E-state index is 12.5. The van der Waals surface area contributed by atoms with Gasteiger partial charge in [0.2, 0.25) is 5.91 Å². The average Bonchev–Trinajstić information content (AvgIpc) is 3.32. The molecule has 4 rings (SSSR count). The lowest BCUT2D eigenvalue weighted by Crippen LogP contribution is -2.29. The van der Waals surface area contributed by atoms with Gasteiger partial charge in [0.15, 0.2) is 0 Å². The molecule has 0 bridgehead atoms. The van der Waals surface area contributed by atoms with E-state index in [1.165, 1.54) is 24.3 Å². The first-order valence-electron chi connectivity index (χ1n) is 9.37. The van der Waals surface area contributed by atoms with Gasteiger partial charge in [-0.15, -0.1) is 0 Å². The Morgan fingerprint density at radius 2 is 1.97 bits per heavy atom. The molecule has 0 aliphatic carbocycles. The summed E-state index contributed by atoms with van der Waals surface area (Å²) in [5, 5.41) is 2.57. The van der Waals surface area contributed by atoms with Crippen molar-refractivity contribution in [3.63, 3.8) is 0 Å². The smallest absolute Gasteiger partial charge is 0.263 e. The normalized spacial score (nSPS) is 18.2. The number of hydrogen-bond acceptors (Lipinski definition) is 7. The fourth-order valence-electron chi connectivity index (χ4n) is 3.18. The standard InChI is InChI=1S/C19H19N5O5S2/c25-18(12-21-19-15-7-1-2-8-16(15)31(28,29)24-19)22-13-5-3-6-14(11-13)30(26,27)23-17-9-4-10-20-17/h1-3,5-8,11H,4,9-10,12H2,(H,20,23)(H,21,24)(H,22,25). The second-order valence-electron chi connectivity index (χ2n) is 6.88. The van der Waals surface area contributed by atoms with Gasteiger partial charge in [0.25, 0.3) is 20.0 Å². The number of rotatable bonds is 5. The second kappa shape index (κ2) is 8.12. The summed E-state index contributed by atoms with van der Waals surface area (Å²) in [5.74, 6) is -0.0214. The molecule has 0 unspecified atom stereocenters. The molecule has 2 aliphatic rings. The lowest BCUT2D eigenvalue weighted by atomic mass is 10.2. The molecule has 2 aromatic carbocycles. The topological polar surface area (TPSA) is 146 Å². The summed E-state index contributed by atoms with van der Waals surface area (Å²) in [5.41, 5.74) is 0.665. The van der Waals surface area contributed by atoms with Crippen molar-refractivity contribution >= 4 is 43.3 Å². The van der Waals surface area contributed by atoms with Crippen LogP contribution in [0, 0.1) is 0 Å². The molecule has 0 saturated heterocycles. The highest BCUT2D eigenvalue weighted by molar-refractivity contribution is 7.90. The zero-order chi connectivity index (χ0) is 22.1. The van der Waals surface area contributed by atoms with Crippen LogP contribution in [-0.2, 0) is 24.8 Å². The fraction of sp³-hybridized carbons (Fsp3) is 0.211. The maximum absolute atomic E-state index is 12.5. The number of hydrogen-bond donors (Lipinski definition) is 3. The van der Waals surface area contributed by atoms with Crippen molar-refractivity contribution in [1.82, 2.24) is 9.44 Å². The van der Waals surface area contributed by atoms with Gasteiger partial charge in [-0.3, -0.25) is 24.2 Å². The number of anilines is 1. The van der Waals surface area contributed by atoms with Gasteiger partial charge in [-0.1, -0.05) is 18.2 Å². The van der Waals surface area contributed by atoms with Crippen LogP contribution >= 0.6 is 0 Å². The number of carbonyl (C=O) groups excluding carboxylic acids is 1. The van der Waals surface area contributed by atoms with E-state index < -0.39 is 26.0 Å². The highest BCUT2D eigenvalue weighted by Crippen LogP contribution is 2.22. The van der Waals surface area contributed by atoms with Crippen LogP contribution in [0.2, 0.25) is 0 Å². The Morgan fingerprint density at radius 3 is 2.74 bits per heavy atom. The Morgan fingerprint density at radius 1 is 1.16 bits per heavy atom. The van der Waals surface area contributed by atoms with Crippen molar-refractivity contribution in [3.05, 3.63) is 54.1 Å². The predicted octanol–water partition coefficient (Wildman–Crippen LogP) is 0.834. The lowest BCUT2D eigenvalue weighted by Gasteiger charge is -2.10. The molecule has 162 valence electrons. The van der Waals surface area contributed by atoms with Gasteiger partial charge in [0, 0.05) is 24.2 Å². The molecular formula is C19H19N5O5S2. The zero-order valence-corrected chi connectivity index (χ0v) is 17.8. The Labute approximate surface area is 179 Å². The third-order valence-corrected chi connectivity index (χ3v) is 7.37. The van der Waals surface area contributed by atoms with E-state index in [-0.39, 0.29) is 27.9 Å². The molecule has 0 fully saturated rings. The van der Waals surface area contributed by atoms with Gasteiger partial charge in [-0.2, -0.15) is 0 Å². The van der Waals surface area contributed by atoms with E-state index in [0.29, 0.717) is 24.4 Å². The Bertz CT molecular complexity index is 1320. The summed E-state index contributed by atoms with van der Waals surface area (Å²) < 4.78 is 54.0. The molecule has 1 amide bonds. The van der Waals surface area contributed by atoms with Crippen LogP contribution in [0.4, 0.5) is 5.69 Å². The monoisotopic (exact) mass is 461 g/mol. The van der Waals surface area contributed by atoms with Crippen molar-refractivity contribution in [1.29, 1.82) is 0 Å². The molecule has 0 radical (unpaired) electrons. The second-order valence-corrected chi connectivity index (χ2v) is 10.2. The summed E-state index contributed by atoms with van der Waals surface area (Å²) in [7, 11) is -7.50. The Kier molecular flexibility index (Phi) is 5.50. The first kappa shape index (κ1) is 21.0. The molecule has 0 saturated carbocycles. The number of amides is 1. The number of benzene rings is 2. The van der Waals surface area contributed by atoms with Crippen molar-refractivity contribution in [2.24, 2.45) is 9.98 Å². The summed E-state index contributed by atoms with van der Waals surface area (Å²) >= 11 is 0. The molecule has 2 heterocycles. The van der Waals surface area contributed by atoms with Gasteiger partial charge in [0.05, 0.1) is 9.79 Å². The van der Waals surface area contributed by atoms with Crippen LogP contribution in [0.1, 0.15) is 18.4 Å². The van der Waals surface area contributed by atoms with E-state index in [4.69, 9.17) is 0 Å². The van der Waals surface area contributed by atoms with E-state index in [0.717, 1.165) is 6.42 Å². The quantitative estimate of drug-likeness (QED) is 0.604. The third-order valence-electron chi connectivity index (χ3n) is 4.60. The fourth-order valence-corrected chi connectivity index (χ4v) is 5.57. The van der Waals surface area contributed by atoms with Gasteiger partial charge in [0.1, 0.15) is 18.2 Å². The molecule has 3 N–H and O–H groups in total. The van der Waals surface area contributed by atoms with E-state index in [1.54, 1.807) is 24.3 Å². The van der Waals surface area contributed by atoms with Gasteiger partial charge in [-0.05, 0) is 36.8 Å². The largest absolute Gasteiger partial charge is 0.324 e. The van der Waals surface area contributed by atoms with E-state index >= 15 is 0 Å². The molecular weight excluding hydrogens is 442 g/mol. The van der Waals surface area contributed by atoms with Crippen LogP contribution in [0.3, 0.4) is 0 Å². The average molecular weight is 462 g/mol. The van der Waals surface area contributed by atoms with Crippen molar-refractivity contribution in [2.75, 3.05) is 18.4 Å². The van der Waals surface area contributed by atoms with Gasteiger partial charge >= 0.3 is 0 Å². The van der Waals surface area contributed by atoms with Crippen LogP contribution in [0.15, 0.2) is 68.3 Å². The summed E-state index contributed by atoms with van der Waals surface area (Å²) in [6.45, 7) is 0.245. The molecule has 0 atom stereocenters. The maximum Gasteiger partial charge on any atom is 0.263 e. The Balaban J connectivity index is 1.45. The van der Waals surface area contributed by atoms with Crippen LogP contribution in [-0.4, -0.2) is 47.5 Å². The first-order valence-corrected chi connectivity index (χ1v) is 12.3. The lowest BCUT2D eigenvalue weighted by molar-refractivity contribution is -0.114. The number of fused-ring (bicyclic) bond motifs is 1. The highest BCUT2D eigenvalue weighted by Gasteiger charge is 2.30.